The number of hydrogen-bond acceptors (Lipinski definition) is 3. The zero-order valence-electron chi connectivity index (χ0n) is 12.0. The first-order valence-corrected chi connectivity index (χ1v) is 7.20. The predicted molar refractivity (Wildman–Crippen MR) is 81.7 cm³/mol. The van der Waals surface area contributed by atoms with E-state index in [9.17, 15) is 9.90 Å². The van der Waals surface area contributed by atoms with Crippen molar-refractivity contribution >= 4 is 11.7 Å². The van der Waals surface area contributed by atoms with Gasteiger partial charge >= 0.3 is 5.97 Å². The van der Waals surface area contributed by atoms with Crippen molar-refractivity contribution in [3.63, 3.8) is 0 Å². The van der Waals surface area contributed by atoms with Crippen molar-refractivity contribution in [2.75, 3.05) is 11.4 Å². The Morgan fingerprint density at radius 3 is 2.76 bits per heavy atom. The summed E-state index contributed by atoms with van der Waals surface area (Å²) in [6.45, 7) is 3.09. The molecule has 1 N–H and O–H groups in total. The monoisotopic (exact) mass is 282 g/mol. The minimum atomic E-state index is -0.842. The van der Waals surface area contributed by atoms with E-state index in [1.807, 2.05) is 24.3 Å². The summed E-state index contributed by atoms with van der Waals surface area (Å²) in [5, 5.41) is 9.36. The third-order valence-corrected chi connectivity index (χ3v) is 4.17. The van der Waals surface area contributed by atoms with Gasteiger partial charge in [-0.2, -0.15) is 0 Å². The molecular formula is C17H18N2O2. The lowest BCUT2D eigenvalue weighted by molar-refractivity contribution is 0.0695. The second-order valence-corrected chi connectivity index (χ2v) is 5.36. The van der Waals surface area contributed by atoms with Gasteiger partial charge in [-0.1, -0.05) is 6.07 Å². The van der Waals surface area contributed by atoms with Gasteiger partial charge in [0.05, 0.1) is 11.6 Å². The molecule has 0 radical (unpaired) electrons. The molecule has 0 amide bonds. The number of rotatable bonds is 3. The van der Waals surface area contributed by atoms with Crippen LogP contribution in [0.5, 0.6) is 0 Å². The van der Waals surface area contributed by atoms with E-state index in [0.29, 0.717) is 5.56 Å². The van der Waals surface area contributed by atoms with E-state index in [1.54, 1.807) is 18.5 Å². The molecule has 1 aliphatic heterocycles. The average Bonchev–Trinajstić information content (AvgIpc) is 2.53. The molecule has 1 aromatic carbocycles. The van der Waals surface area contributed by atoms with Crippen molar-refractivity contribution in [1.29, 1.82) is 0 Å². The Morgan fingerprint density at radius 1 is 1.29 bits per heavy atom. The molecule has 1 aromatic heterocycles. The smallest absolute Gasteiger partial charge is 0.336 e. The largest absolute Gasteiger partial charge is 0.478 e. The molecule has 0 saturated heterocycles. The molecule has 2 heterocycles. The molecule has 1 unspecified atom stereocenters. The molecule has 1 atom stereocenters. The lowest BCUT2D eigenvalue weighted by Crippen LogP contribution is -2.32. The van der Waals surface area contributed by atoms with E-state index in [-0.39, 0.29) is 6.04 Å². The van der Waals surface area contributed by atoms with Gasteiger partial charge in [0.2, 0.25) is 0 Å². The number of aromatic nitrogens is 1. The quantitative estimate of drug-likeness (QED) is 0.938. The third-order valence-electron chi connectivity index (χ3n) is 4.17. The lowest BCUT2D eigenvalue weighted by Gasteiger charge is -2.37. The number of fused-ring (bicyclic) bond motifs is 1. The van der Waals surface area contributed by atoms with Crippen LogP contribution in [-0.2, 0) is 6.42 Å². The molecule has 21 heavy (non-hydrogen) atoms. The van der Waals surface area contributed by atoms with Crippen molar-refractivity contribution in [2.45, 2.75) is 25.8 Å². The number of hydrogen-bond donors (Lipinski definition) is 1. The van der Waals surface area contributed by atoms with Gasteiger partial charge in [0.25, 0.3) is 0 Å². The SMILES string of the molecule is CC(c1ccncc1)N1CCCc2c(C(=O)O)cccc21. The maximum Gasteiger partial charge on any atom is 0.336 e. The van der Waals surface area contributed by atoms with Crippen molar-refractivity contribution in [3.05, 3.63) is 59.4 Å². The summed E-state index contributed by atoms with van der Waals surface area (Å²) in [6, 6.07) is 9.79. The van der Waals surface area contributed by atoms with Crippen molar-refractivity contribution in [2.24, 2.45) is 0 Å². The first-order chi connectivity index (χ1) is 10.2. The first-order valence-electron chi connectivity index (χ1n) is 7.20. The van der Waals surface area contributed by atoms with Crippen LogP contribution < -0.4 is 4.90 Å². The average molecular weight is 282 g/mol. The number of aromatic carboxylic acids is 1. The minimum absolute atomic E-state index is 0.205. The summed E-state index contributed by atoms with van der Waals surface area (Å²) < 4.78 is 0. The van der Waals surface area contributed by atoms with Crippen LogP contribution in [0.1, 0.15) is 40.9 Å². The fourth-order valence-corrected chi connectivity index (χ4v) is 3.08. The van der Waals surface area contributed by atoms with Gasteiger partial charge in [-0.25, -0.2) is 4.79 Å². The Morgan fingerprint density at radius 2 is 2.05 bits per heavy atom. The van der Waals surface area contributed by atoms with Gasteiger partial charge in [-0.15, -0.1) is 0 Å². The molecule has 0 spiro atoms. The Balaban J connectivity index is 2.01. The maximum absolute atomic E-state index is 11.4. The molecule has 108 valence electrons. The molecule has 0 fully saturated rings. The molecule has 1 aliphatic rings. The minimum Gasteiger partial charge on any atom is -0.478 e. The Hall–Kier alpha value is -2.36. The number of pyridine rings is 1. The van der Waals surface area contributed by atoms with Gasteiger partial charge in [0, 0.05) is 24.6 Å². The molecule has 0 bridgehead atoms. The molecule has 3 rings (SSSR count). The van der Waals surface area contributed by atoms with Gasteiger partial charge in [0.1, 0.15) is 0 Å². The number of carboxylic acids is 1. The van der Waals surface area contributed by atoms with Crippen LogP contribution in [0.2, 0.25) is 0 Å². The fourth-order valence-electron chi connectivity index (χ4n) is 3.08. The molecular weight excluding hydrogens is 264 g/mol. The van der Waals surface area contributed by atoms with Crippen LogP contribution in [0.3, 0.4) is 0 Å². The molecule has 4 heteroatoms. The zero-order valence-corrected chi connectivity index (χ0v) is 12.0. The van der Waals surface area contributed by atoms with Gasteiger partial charge in [-0.05, 0) is 55.2 Å². The molecule has 2 aromatic rings. The predicted octanol–water partition coefficient (Wildman–Crippen LogP) is 3.29. The van der Waals surface area contributed by atoms with E-state index in [2.05, 4.69) is 16.8 Å². The van der Waals surface area contributed by atoms with Crippen molar-refractivity contribution < 1.29 is 9.90 Å². The van der Waals surface area contributed by atoms with E-state index >= 15 is 0 Å². The van der Waals surface area contributed by atoms with E-state index in [4.69, 9.17) is 0 Å². The van der Waals surface area contributed by atoms with Crippen LogP contribution in [-0.4, -0.2) is 22.6 Å². The number of nitrogens with zero attached hydrogens (tertiary/aromatic N) is 2. The van der Waals surface area contributed by atoms with Gasteiger partial charge in [0.15, 0.2) is 0 Å². The van der Waals surface area contributed by atoms with Crippen LogP contribution >= 0.6 is 0 Å². The number of carboxylic acid groups (broad SMARTS) is 1. The van der Waals surface area contributed by atoms with Gasteiger partial charge in [-0.3, -0.25) is 4.98 Å². The summed E-state index contributed by atoms with van der Waals surface area (Å²) in [7, 11) is 0. The number of anilines is 1. The van der Waals surface area contributed by atoms with E-state index in [1.165, 1.54) is 5.56 Å². The van der Waals surface area contributed by atoms with Crippen molar-refractivity contribution in [1.82, 2.24) is 4.98 Å². The summed E-state index contributed by atoms with van der Waals surface area (Å²) in [5.41, 5.74) is 3.63. The fraction of sp³-hybridized carbons (Fsp3) is 0.294. The summed E-state index contributed by atoms with van der Waals surface area (Å²) in [5.74, 6) is -0.842. The van der Waals surface area contributed by atoms with Gasteiger partial charge < -0.3 is 10.0 Å². The standard InChI is InChI=1S/C17H18N2O2/c1-12(13-7-9-18-10-8-13)19-11-3-5-14-15(17(20)21)4-2-6-16(14)19/h2,4,6-10,12H,3,5,11H2,1H3,(H,20,21). The first kappa shape index (κ1) is 13.6. The van der Waals surface area contributed by atoms with Crippen LogP contribution in [0.4, 0.5) is 5.69 Å². The topological polar surface area (TPSA) is 53.4 Å². The molecule has 0 saturated carbocycles. The summed E-state index contributed by atoms with van der Waals surface area (Å²) >= 11 is 0. The second kappa shape index (κ2) is 5.56. The lowest BCUT2D eigenvalue weighted by atomic mass is 9.94. The van der Waals surface area contributed by atoms with Crippen molar-refractivity contribution in [3.8, 4) is 0 Å². The normalized spacial score (nSPS) is 15.4. The Labute approximate surface area is 124 Å². The zero-order chi connectivity index (χ0) is 14.8. The Kier molecular flexibility index (Phi) is 3.60. The highest BCUT2D eigenvalue weighted by atomic mass is 16.4. The molecule has 4 nitrogen and oxygen atoms in total. The highest BCUT2D eigenvalue weighted by Crippen LogP contribution is 2.35. The third kappa shape index (κ3) is 2.49. The summed E-state index contributed by atoms with van der Waals surface area (Å²) in [4.78, 5) is 17.7. The highest BCUT2D eigenvalue weighted by Gasteiger charge is 2.25. The van der Waals surface area contributed by atoms with Crippen LogP contribution in [0.25, 0.3) is 0 Å². The number of benzene rings is 1. The Bertz CT molecular complexity index is 655. The van der Waals surface area contributed by atoms with Crippen LogP contribution in [0.15, 0.2) is 42.7 Å². The number of carbonyl (C=O) groups is 1. The molecule has 0 aliphatic carbocycles. The second-order valence-electron chi connectivity index (χ2n) is 5.36. The van der Waals surface area contributed by atoms with Crippen LogP contribution in [0, 0.1) is 0 Å². The summed E-state index contributed by atoms with van der Waals surface area (Å²) in [6.07, 6.45) is 5.40. The van der Waals surface area contributed by atoms with E-state index in [0.717, 1.165) is 30.6 Å². The highest BCUT2D eigenvalue weighted by molar-refractivity contribution is 5.91. The maximum atomic E-state index is 11.4. The van der Waals surface area contributed by atoms with E-state index < -0.39 is 5.97 Å².